The van der Waals surface area contributed by atoms with Crippen molar-refractivity contribution in [3.63, 3.8) is 0 Å². The van der Waals surface area contributed by atoms with E-state index in [4.69, 9.17) is 4.42 Å². The largest absolute Gasteiger partial charge is 0.468 e. The minimum atomic E-state index is -3.60. The molecule has 2 N–H and O–H groups in total. The molecule has 2 aromatic rings. The van der Waals surface area contributed by atoms with E-state index in [1.807, 2.05) is 26.0 Å². The van der Waals surface area contributed by atoms with Gasteiger partial charge in [-0.1, -0.05) is 13.0 Å². The normalized spacial score (nSPS) is 21.0. The van der Waals surface area contributed by atoms with Crippen molar-refractivity contribution >= 4 is 27.3 Å². The van der Waals surface area contributed by atoms with E-state index in [1.165, 1.54) is 17.6 Å². The van der Waals surface area contributed by atoms with Crippen molar-refractivity contribution in [2.75, 3.05) is 0 Å². The zero-order valence-corrected chi connectivity index (χ0v) is 15.6. The van der Waals surface area contributed by atoms with Crippen molar-refractivity contribution < 1.29 is 17.6 Å². The number of carbonyl (C=O) groups is 1. The number of hydrogen-bond acceptors (Lipinski definition) is 5. The van der Waals surface area contributed by atoms with Crippen LogP contribution in [0.2, 0.25) is 0 Å². The van der Waals surface area contributed by atoms with Crippen LogP contribution in [-0.2, 0) is 21.4 Å². The Kier molecular flexibility index (Phi) is 5.12. The first kappa shape index (κ1) is 17.9. The van der Waals surface area contributed by atoms with Gasteiger partial charge in [-0.15, -0.1) is 11.3 Å². The SMILES string of the molecule is CCC1=CC(c2ccc(S(=O)(=O)NCc3ccco3)s2)C(C)NC1=O. The number of nitrogens with one attached hydrogen (secondary N) is 2. The predicted octanol–water partition coefficient (Wildman–Crippen LogP) is 2.76. The summed E-state index contributed by atoms with van der Waals surface area (Å²) in [6, 6.07) is 6.77. The van der Waals surface area contributed by atoms with Gasteiger partial charge in [0.05, 0.1) is 12.8 Å². The maximum atomic E-state index is 12.5. The number of carbonyl (C=O) groups excluding carboxylic acids is 1. The molecule has 0 radical (unpaired) electrons. The summed E-state index contributed by atoms with van der Waals surface area (Å²) in [5.41, 5.74) is 0.733. The summed E-state index contributed by atoms with van der Waals surface area (Å²) in [5.74, 6) is 0.488. The lowest BCUT2D eigenvalue weighted by Crippen LogP contribution is -2.40. The molecule has 2 aromatic heterocycles. The van der Waals surface area contributed by atoms with Gasteiger partial charge in [0.15, 0.2) is 0 Å². The molecule has 0 fully saturated rings. The summed E-state index contributed by atoms with van der Waals surface area (Å²) < 4.78 is 32.8. The van der Waals surface area contributed by atoms with Gasteiger partial charge in [0.1, 0.15) is 9.97 Å². The minimum Gasteiger partial charge on any atom is -0.468 e. The van der Waals surface area contributed by atoms with Crippen molar-refractivity contribution in [3.05, 3.63) is 52.8 Å². The fraction of sp³-hybridized carbons (Fsp3) is 0.353. The predicted molar refractivity (Wildman–Crippen MR) is 95.8 cm³/mol. The van der Waals surface area contributed by atoms with Crippen LogP contribution in [0, 0.1) is 0 Å². The molecular weight excluding hydrogens is 360 g/mol. The maximum Gasteiger partial charge on any atom is 0.250 e. The maximum absolute atomic E-state index is 12.5. The van der Waals surface area contributed by atoms with Crippen molar-refractivity contribution in [3.8, 4) is 0 Å². The summed E-state index contributed by atoms with van der Waals surface area (Å²) in [4.78, 5) is 12.8. The van der Waals surface area contributed by atoms with Crippen molar-refractivity contribution in [2.24, 2.45) is 0 Å². The van der Waals surface area contributed by atoms with Crippen LogP contribution in [0.5, 0.6) is 0 Å². The molecule has 6 nitrogen and oxygen atoms in total. The number of amides is 1. The molecule has 2 atom stereocenters. The first-order valence-electron chi connectivity index (χ1n) is 8.04. The molecule has 0 aliphatic carbocycles. The van der Waals surface area contributed by atoms with Gasteiger partial charge in [0.2, 0.25) is 15.9 Å². The van der Waals surface area contributed by atoms with E-state index in [0.717, 1.165) is 10.5 Å². The molecule has 0 aromatic carbocycles. The lowest BCUT2D eigenvalue weighted by molar-refractivity contribution is -0.118. The third kappa shape index (κ3) is 3.86. The van der Waals surface area contributed by atoms with Gasteiger partial charge >= 0.3 is 0 Å². The summed E-state index contributed by atoms with van der Waals surface area (Å²) in [7, 11) is -3.60. The number of furan rings is 1. The fourth-order valence-corrected chi connectivity index (χ4v) is 5.28. The van der Waals surface area contributed by atoms with E-state index in [2.05, 4.69) is 10.0 Å². The molecule has 8 heteroatoms. The Bertz CT molecular complexity index is 882. The Morgan fingerprint density at radius 1 is 1.32 bits per heavy atom. The van der Waals surface area contributed by atoms with Gasteiger partial charge in [-0.2, -0.15) is 0 Å². The third-order valence-corrected chi connectivity index (χ3v) is 7.24. The van der Waals surface area contributed by atoms with Crippen LogP contribution in [-0.4, -0.2) is 20.4 Å². The molecule has 1 aliphatic heterocycles. The number of sulfonamides is 1. The molecule has 3 rings (SSSR count). The fourth-order valence-electron chi connectivity index (χ4n) is 2.74. The van der Waals surface area contributed by atoms with E-state index in [-0.39, 0.29) is 28.6 Å². The van der Waals surface area contributed by atoms with Crippen molar-refractivity contribution in [1.82, 2.24) is 10.0 Å². The van der Waals surface area contributed by atoms with Crippen LogP contribution in [0.3, 0.4) is 0 Å². The second-order valence-electron chi connectivity index (χ2n) is 5.89. The Morgan fingerprint density at radius 2 is 2.12 bits per heavy atom. The van der Waals surface area contributed by atoms with Gasteiger partial charge in [0.25, 0.3) is 0 Å². The first-order valence-corrected chi connectivity index (χ1v) is 10.3. The van der Waals surface area contributed by atoms with Crippen LogP contribution < -0.4 is 10.0 Å². The third-order valence-electron chi connectivity index (χ3n) is 4.16. The molecule has 2 unspecified atom stereocenters. The van der Waals surface area contributed by atoms with Crippen LogP contribution in [0.25, 0.3) is 0 Å². The Balaban J connectivity index is 1.79. The van der Waals surface area contributed by atoms with Gasteiger partial charge in [-0.3, -0.25) is 4.79 Å². The second kappa shape index (κ2) is 7.15. The average molecular weight is 380 g/mol. The molecule has 1 amide bonds. The van der Waals surface area contributed by atoms with Crippen LogP contribution in [0.15, 0.2) is 50.8 Å². The number of rotatable bonds is 6. The molecule has 3 heterocycles. The highest BCUT2D eigenvalue weighted by Crippen LogP contribution is 2.34. The highest BCUT2D eigenvalue weighted by Gasteiger charge is 2.28. The summed E-state index contributed by atoms with van der Waals surface area (Å²) in [6.45, 7) is 3.97. The molecule has 0 bridgehead atoms. The van der Waals surface area contributed by atoms with E-state index >= 15 is 0 Å². The van der Waals surface area contributed by atoms with E-state index in [1.54, 1.807) is 18.2 Å². The standard InChI is InChI=1S/C17H20N2O4S2/c1-3-12-9-14(11(2)19-17(12)20)15-6-7-16(24-15)25(21,22)18-10-13-5-4-8-23-13/h4-9,11,14,18H,3,10H2,1-2H3,(H,19,20). The quantitative estimate of drug-likeness (QED) is 0.806. The first-order chi connectivity index (χ1) is 11.9. The van der Waals surface area contributed by atoms with Crippen LogP contribution in [0.1, 0.15) is 36.8 Å². The number of hydrogen-bond donors (Lipinski definition) is 2. The zero-order chi connectivity index (χ0) is 18.0. The Hall–Kier alpha value is -1.90. The smallest absolute Gasteiger partial charge is 0.250 e. The monoisotopic (exact) mass is 380 g/mol. The molecule has 0 spiro atoms. The number of thiophene rings is 1. The summed E-state index contributed by atoms with van der Waals surface area (Å²) in [6.07, 6.45) is 4.10. The van der Waals surface area contributed by atoms with Crippen molar-refractivity contribution in [1.29, 1.82) is 0 Å². The Labute approximate surface area is 151 Å². The van der Waals surface area contributed by atoms with Crippen LogP contribution in [0.4, 0.5) is 0 Å². The molecule has 0 saturated heterocycles. The molecule has 0 saturated carbocycles. The average Bonchev–Trinajstić information content (AvgIpc) is 3.25. The Morgan fingerprint density at radius 3 is 2.80 bits per heavy atom. The molecule has 25 heavy (non-hydrogen) atoms. The summed E-state index contributed by atoms with van der Waals surface area (Å²) in [5, 5.41) is 2.94. The lowest BCUT2D eigenvalue weighted by Gasteiger charge is -2.27. The van der Waals surface area contributed by atoms with Gasteiger partial charge in [0, 0.05) is 22.4 Å². The summed E-state index contributed by atoms with van der Waals surface area (Å²) >= 11 is 1.22. The molecule has 134 valence electrons. The second-order valence-corrected chi connectivity index (χ2v) is 9.00. The van der Waals surface area contributed by atoms with Crippen molar-refractivity contribution in [2.45, 2.75) is 43.0 Å². The van der Waals surface area contributed by atoms with Gasteiger partial charge < -0.3 is 9.73 Å². The van der Waals surface area contributed by atoms with E-state index < -0.39 is 10.0 Å². The van der Waals surface area contributed by atoms with Gasteiger partial charge in [-0.25, -0.2) is 13.1 Å². The minimum absolute atomic E-state index is 0.0216. The van der Waals surface area contributed by atoms with E-state index in [9.17, 15) is 13.2 Å². The topological polar surface area (TPSA) is 88.4 Å². The van der Waals surface area contributed by atoms with Gasteiger partial charge in [-0.05, 0) is 37.6 Å². The molecule has 1 aliphatic rings. The zero-order valence-electron chi connectivity index (χ0n) is 14.0. The van der Waals surface area contributed by atoms with Crippen LogP contribution >= 0.6 is 11.3 Å². The molecular formula is C17H20N2O4S2. The highest BCUT2D eigenvalue weighted by atomic mass is 32.2. The lowest BCUT2D eigenvalue weighted by atomic mass is 9.91. The highest BCUT2D eigenvalue weighted by molar-refractivity contribution is 7.91. The van der Waals surface area contributed by atoms with E-state index in [0.29, 0.717) is 12.2 Å².